The molecule has 6 heteroatoms. The summed E-state index contributed by atoms with van der Waals surface area (Å²) in [6.07, 6.45) is 0. The van der Waals surface area contributed by atoms with E-state index in [4.69, 9.17) is 12.2 Å². The molecule has 0 aliphatic heterocycles. The minimum Gasteiger partial charge on any atom is -0.341 e. The Morgan fingerprint density at radius 1 is 1.12 bits per heavy atom. The normalized spacial score (nSPS) is 11.4. The Kier molecular flexibility index (Phi) is 3.61. The van der Waals surface area contributed by atoms with E-state index in [0.29, 0.717) is 11.3 Å². The molecule has 5 nitrogen and oxygen atoms in total. The van der Waals surface area contributed by atoms with Gasteiger partial charge in [0.25, 0.3) is 0 Å². The third-order valence-corrected chi connectivity index (χ3v) is 4.71. The van der Waals surface area contributed by atoms with Crippen LogP contribution in [-0.2, 0) is 13.1 Å². The van der Waals surface area contributed by atoms with Crippen LogP contribution in [0.25, 0.3) is 21.8 Å². The van der Waals surface area contributed by atoms with Crippen molar-refractivity contribution in [1.82, 2.24) is 19.4 Å². The number of nitrogens with one attached hydrogen (secondary N) is 2. The Labute approximate surface area is 144 Å². The number of rotatable bonds is 4. The average Bonchev–Trinajstić information content (AvgIpc) is 3.10. The van der Waals surface area contributed by atoms with Crippen molar-refractivity contribution in [2.24, 2.45) is 0 Å². The van der Waals surface area contributed by atoms with Gasteiger partial charge in [0, 0.05) is 28.4 Å². The number of hydrogen-bond donors (Lipinski definition) is 2. The van der Waals surface area contributed by atoms with Crippen LogP contribution in [-0.4, -0.2) is 19.4 Å². The van der Waals surface area contributed by atoms with Crippen molar-refractivity contribution in [3.63, 3.8) is 0 Å². The van der Waals surface area contributed by atoms with Crippen molar-refractivity contribution in [3.8, 4) is 0 Å². The van der Waals surface area contributed by atoms with Crippen molar-refractivity contribution in [2.75, 3.05) is 5.43 Å². The number of H-pyrrole nitrogens is 1. The lowest BCUT2D eigenvalue weighted by atomic mass is 10.1. The Morgan fingerprint density at radius 3 is 2.67 bits per heavy atom. The summed E-state index contributed by atoms with van der Waals surface area (Å²) >= 11 is 5.23. The van der Waals surface area contributed by atoms with Gasteiger partial charge >= 0.3 is 0 Å². The molecule has 0 aliphatic carbocycles. The molecule has 0 saturated heterocycles. The zero-order valence-corrected chi connectivity index (χ0v) is 14.5. The second-order valence-corrected chi connectivity index (χ2v) is 6.25. The molecule has 2 aromatic carbocycles. The number of aromatic nitrogens is 4. The molecule has 2 N–H and O–H groups in total. The summed E-state index contributed by atoms with van der Waals surface area (Å²) in [6, 6.07) is 15.2. The average molecular weight is 337 g/mol. The maximum absolute atomic E-state index is 5.23. The first-order valence-corrected chi connectivity index (χ1v) is 8.47. The predicted molar refractivity (Wildman–Crippen MR) is 100 cm³/mol. The summed E-state index contributed by atoms with van der Waals surface area (Å²) in [5.41, 5.74) is 7.10. The van der Waals surface area contributed by atoms with E-state index in [0.717, 1.165) is 12.4 Å². The molecule has 0 aliphatic rings. The molecular formula is C18H19N5S. The molecule has 0 fully saturated rings. The van der Waals surface area contributed by atoms with Crippen LogP contribution in [0, 0.1) is 11.7 Å². The van der Waals surface area contributed by atoms with Gasteiger partial charge in [-0.25, -0.2) is 4.68 Å². The van der Waals surface area contributed by atoms with Crippen molar-refractivity contribution in [1.29, 1.82) is 0 Å². The van der Waals surface area contributed by atoms with E-state index in [9.17, 15) is 0 Å². The van der Waals surface area contributed by atoms with Gasteiger partial charge in [0.2, 0.25) is 4.77 Å². The van der Waals surface area contributed by atoms with Crippen LogP contribution in [0.15, 0.2) is 42.5 Å². The Bertz CT molecular complexity index is 1090. The van der Waals surface area contributed by atoms with Gasteiger partial charge in [0.1, 0.15) is 5.82 Å². The number of benzene rings is 2. The van der Waals surface area contributed by atoms with Gasteiger partial charge < -0.3 is 9.99 Å². The maximum atomic E-state index is 5.23. The van der Waals surface area contributed by atoms with Crippen molar-refractivity contribution < 1.29 is 0 Å². The molecule has 0 atom stereocenters. The molecule has 24 heavy (non-hydrogen) atoms. The molecule has 0 saturated carbocycles. The van der Waals surface area contributed by atoms with E-state index in [1.54, 1.807) is 4.68 Å². The highest BCUT2D eigenvalue weighted by Gasteiger charge is 2.09. The molecule has 2 heterocycles. The molecule has 2 aromatic heterocycles. The third-order valence-electron chi connectivity index (χ3n) is 4.43. The van der Waals surface area contributed by atoms with Crippen LogP contribution in [0.1, 0.15) is 18.3 Å². The minimum absolute atomic E-state index is 0.580. The lowest BCUT2D eigenvalue weighted by Gasteiger charge is -2.09. The topological polar surface area (TPSA) is 50.6 Å². The first-order valence-electron chi connectivity index (χ1n) is 8.07. The van der Waals surface area contributed by atoms with Crippen molar-refractivity contribution in [3.05, 3.63) is 58.6 Å². The molecule has 4 rings (SSSR count). The fourth-order valence-corrected chi connectivity index (χ4v) is 3.53. The molecule has 4 aromatic rings. The van der Waals surface area contributed by atoms with Crippen LogP contribution in [0.5, 0.6) is 0 Å². The fourth-order valence-electron chi connectivity index (χ4n) is 3.28. The lowest BCUT2D eigenvalue weighted by molar-refractivity contribution is 0.794. The number of nitrogens with zero attached hydrogens (tertiary/aromatic N) is 3. The highest BCUT2D eigenvalue weighted by molar-refractivity contribution is 7.71. The Morgan fingerprint density at radius 2 is 1.92 bits per heavy atom. The Hall–Kier alpha value is -2.60. The summed E-state index contributed by atoms with van der Waals surface area (Å²) in [7, 11) is 0. The molecule has 0 spiro atoms. The standard InChI is InChI=1S/C18H19N5S/c1-3-22-16-7-5-4-6-14(16)15-10-13(8-9-17(15)22)11-19-23-12(2)20-21-18(23)24/h4-10,19H,3,11H2,1-2H3,(H,21,24). The lowest BCUT2D eigenvalue weighted by Crippen LogP contribution is -2.15. The van der Waals surface area contributed by atoms with Crippen molar-refractivity contribution in [2.45, 2.75) is 26.9 Å². The van der Waals surface area contributed by atoms with Crippen LogP contribution < -0.4 is 5.43 Å². The van der Waals surface area contributed by atoms with Gasteiger partial charge in [-0.1, -0.05) is 24.3 Å². The van der Waals surface area contributed by atoms with Crippen LogP contribution >= 0.6 is 12.2 Å². The predicted octanol–water partition coefficient (Wildman–Crippen LogP) is 4.12. The first-order chi connectivity index (χ1) is 11.7. The molecule has 0 unspecified atom stereocenters. The minimum atomic E-state index is 0.580. The molecule has 122 valence electrons. The second kappa shape index (κ2) is 5.79. The van der Waals surface area contributed by atoms with E-state index in [1.165, 1.54) is 27.4 Å². The third kappa shape index (κ3) is 2.30. The quantitative estimate of drug-likeness (QED) is 0.551. The van der Waals surface area contributed by atoms with Gasteiger partial charge in [0.15, 0.2) is 0 Å². The fraction of sp³-hybridized carbons (Fsp3) is 0.222. The first kappa shape index (κ1) is 15.0. The summed E-state index contributed by atoms with van der Waals surface area (Å²) in [4.78, 5) is 0. The molecule has 0 radical (unpaired) electrons. The smallest absolute Gasteiger partial charge is 0.214 e. The van der Waals surface area contributed by atoms with Crippen molar-refractivity contribution >= 4 is 34.0 Å². The number of aromatic amines is 1. The highest BCUT2D eigenvalue weighted by Crippen LogP contribution is 2.29. The van der Waals surface area contributed by atoms with E-state index >= 15 is 0 Å². The van der Waals surface area contributed by atoms with Gasteiger partial charge in [-0.2, -0.15) is 5.10 Å². The maximum Gasteiger partial charge on any atom is 0.214 e. The number of hydrogen-bond acceptors (Lipinski definition) is 3. The van der Waals surface area contributed by atoms with Gasteiger partial charge in [0.05, 0.1) is 6.54 Å². The summed E-state index contributed by atoms with van der Waals surface area (Å²) in [5, 5.41) is 9.49. The zero-order valence-electron chi connectivity index (χ0n) is 13.7. The van der Waals surface area contributed by atoms with E-state index < -0.39 is 0 Å². The number of fused-ring (bicyclic) bond motifs is 3. The van der Waals surface area contributed by atoms with Gasteiger partial charge in [-0.05, 0) is 49.8 Å². The SMILES string of the molecule is CCn1c2ccccc2c2cc(CNn3c(C)n[nH]c3=S)ccc21. The Balaban J connectivity index is 1.76. The summed E-state index contributed by atoms with van der Waals surface area (Å²) < 4.78 is 4.74. The highest BCUT2D eigenvalue weighted by atomic mass is 32.1. The van der Waals surface area contributed by atoms with Crippen LogP contribution in [0.3, 0.4) is 0 Å². The summed E-state index contributed by atoms with van der Waals surface area (Å²) in [6.45, 7) is 5.75. The second-order valence-electron chi connectivity index (χ2n) is 5.86. The van der Waals surface area contributed by atoms with E-state index in [2.05, 4.69) is 69.6 Å². The molecule has 0 amide bonds. The van der Waals surface area contributed by atoms with Gasteiger partial charge in [-0.3, -0.25) is 5.10 Å². The zero-order chi connectivity index (χ0) is 16.7. The number of aryl methyl sites for hydroxylation is 2. The van der Waals surface area contributed by atoms with Gasteiger partial charge in [-0.15, -0.1) is 0 Å². The van der Waals surface area contributed by atoms with Crippen LogP contribution in [0.2, 0.25) is 0 Å². The van der Waals surface area contributed by atoms with E-state index in [-0.39, 0.29) is 0 Å². The van der Waals surface area contributed by atoms with E-state index in [1.807, 2.05) is 6.92 Å². The molecule has 0 bridgehead atoms. The molecular weight excluding hydrogens is 318 g/mol. The monoisotopic (exact) mass is 337 g/mol. The van der Waals surface area contributed by atoms with Crippen LogP contribution in [0.4, 0.5) is 0 Å². The summed E-state index contributed by atoms with van der Waals surface area (Å²) in [5.74, 6) is 0.823. The number of para-hydroxylation sites is 1. The largest absolute Gasteiger partial charge is 0.341 e.